The number of likely N-dealkylation sites (N-methyl/N-ethyl adjacent to an activating group) is 1. The molecule has 2 aromatic rings. The number of amides is 2. The Hall–Kier alpha value is -3.35. The van der Waals surface area contributed by atoms with Crippen molar-refractivity contribution in [2.24, 2.45) is 0 Å². The first kappa shape index (κ1) is 20.0. The van der Waals surface area contributed by atoms with E-state index < -0.39 is 5.82 Å². The third-order valence-electron chi connectivity index (χ3n) is 3.70. The number of methoxy groups -OCH3 is 2. The van der Waals surface area contributed by atoms with Gasteiger partial charge in [0.25, 0.3) is 0 Å². The Bertz CT molecular complexity index is 852. The molecule has 27 heavy (non-hydrogen) atoms. The number of ether oxygens (including phenoxy) is 2. The van der Waals surface area contributed by atoms with Crippen LogP contribution in [-0.4, -0.2) is 44.5 Å². The van der Waals surface area contributed by atoms with Crippen molar-refractivity contribution >= 4 is 23.6 Å². The van der Waals surface area contributed by atoms with E-state index in [9.17, 15) is 14.0 Å². The summed E-state index contributed by atoms with van der Waals surface area (Å²) in [6.07, 6.45) is 2.75. The second kappa shape index (κ2) is 9.38. The highest BCUT2D eigenvalue weighted by Gasteiger charge is 2.11. The molecular weight excluding hydrogens is 351 g/mol. The van der Waals surface area contributed by atoms with E-state index in [1.807, 2.05) is 0 Å². The first-order valence-corrected chi connectivity index (χ1v) is 8.13. The molecule has 0 heterocycles. The molecule has 0 aromatic heterocycles. The molecule has 0 atom stereocenters. The van der Waals surface area contributed by atoms with E-state index in [0.29, 0.717) is 17.0 Å². The molecule has 0 saturated heterocycles. The minimum Gasteiger partial charge on any atom is -0.497 e. The van der Waals surface area contributed by atoms with Crippen molar-refractivity contribution in [2.75, 3.05) is 33.1 Å². The van der Waals surface area contributed by atoms with Gasteiger partial charge in [-0.1, -0.05) is 12.1 Å². The molecule has 0 aliphatic rings. The van der Waals surface area contributed by atoms with Gasteiger partial charge in [0.15, 0.2) is 11.6 Å². The van der Waals surface area contributed by atoms with Crippen molar-refractivity contribution in [3.05, 3.63) is 59.9 Å². The molecule has 2 rings (SSSR count). The molecular formula is C20H21FN2O4. The molecule has 2 aromatic carbocycles. The van der Waals surface area contributed by atoms with Crippen LogP contribution in [0, 0.1) is 5.82 Å². The van der Waals surface area contributed by atoms with E-state index in [-0.39, 0.29) is 24.1 Å². The Balaban J connectivity index is 1.92. The van der Waals surface area contributed by atoms with Crippen molar-refractivity contribution in [2.45, 2.75) is 0 Å². The van der Waals surface area contributed by atoms with Crippen molar-refractivity contribution in [1.29, 1.82) is 0 Å². The molecule has 0 aliphatic heterocycles. The van der Waals surface area contributed by atoms with E-state index in [2.05, 4.69) is 5.32 Å². The van der Waals surface area contributed by atoms with Crippen LogP contribution in [0.15, 0.2) is 48.5 Å². The molecule has 0 spiro atoms. The predicted molar refractivity (Wildman–Crippen MR) is 101 cm³/mol. The lowest BCUT2D eigenvalue weighted by atomic mass is 10.2. The second-order valence-corrected chi connectivity index (χ2v) is 5.70. The number of hydrogen-bond donors (Lipinski definition) is 1. The molecule has 0 aliphatic carbocycles. The maximum absolute atomic E-state index is 13.7. The molecule has 142 valence electrons. The second-order valence-electron chi connectivity index (χ2n) is 5.70. The number of anilines is 1. The van der Waals surface area contributed by atoms with Gasteiger partial charge in [0.1, 0.15) is 5.75 Å². The van der Waals surface area contributed by atoms with Crippen molar-refractivity contribution in [1.82, 2.24) is 4.90 Å². The van der Waals surface area contributed by atoms with Gasteiger partial charge in [-0.25, -0.2) is 4.39 Å². The van der Waals surface area contributed by atoms with Crippen molar-refractivity contribution < 1.29 is 23.5 Å². The Morgan fingerprint density at radius 3 is 2.59 bits per heavy atom. The first-order chi connectivity index (χ1) is 12.9. The smallest absolute Gasteiger partial charge is 0.246 e. The minimum atomic E-state index is -0.516. The lowest BCUT2D eigenvalue weighted by Crippen LogP contribution is -2.33. The summed E-state index contributed by atoms with van der Waals surface area (Å²) < 4.78 is 23.6. The summed E-state index contributed by atoms with van der Waals surface area (Å²) in [6, 6.07) is 11.3. The number of halogens is 1. The van der Waals surface area contributed by atoms with E-state index in [1.165, 1.54) is 50.5 Å². The molecule has 0 radical (unpaired) electrons. The van der Waals surface area contributed by atoms with Crippen molar-refractivity contribution in [3.8, 4) is 11.5 Å². The highest BCUT2D eigenvalue weighted by atomic mass is 19.1. The lowest BCUT2D eigenvalue weighted by Gasteiger charge is -2.15. The van der Waals surface area contributed by atoms with Gasteiger partial charge >= 0.3 is 0 Å². The lowest BCUT2D eigenvalue weighted by molar-refractivity contribution is -0.129. The van der Waals surface area contributed by atoms with Gasteiger partial charge in [0.2, 0.25) is 11.8 Å². The average molecular weight is 372 g/mol. The van der Waals surface area contributed by atoms with Crippen LogP contribution in [0.3, 0.4) is 0 Å². The Morgan fingerprint density at radius 2 is 1.93 bits per heavy atom. The van der Waals surface area contributed by atoms with Gasteiger partial charge in [-0.15, -0.1) is 0 Å². The molecule has 0 fully saturated rings. The zero-order chi connectivity index (χ0) is 19.8. The van der Waals surface area contributed by atoms with Crippen LogP contribution in [0.5, 0.6) is 11.5 Å². The van der Waals surface area contributed by atoms with E-state index in [4.69, 9.17) is 9.47 Å². The van der Waals surface area contributed by atoms with Crippen LogP contribution >= 0.6 is 0 Å². The highest BCUT2D eigenvalue weighted by molar-refractivity contribution is 5.98. The number of rotatable bonds is 7. The van der Waals surface area contributed by atoms with E-state index in [1.54, 1.807) is 30.3 Å². The number of nitrogens with zero attached hydrogens (tertiary/aromatic N) is 1. The quantitative estimate of drug-likeness (QED) is 0.759. The first-order valence-electron chi connectivity index (χ1n) is 8.13. The van der Waals surface area contributed by atoms with Gasteiger partial charge < -0.3 is 19.7 Å². The fourth-order valence-corrected chi connectivity index (χ4v) is 2.28. The fourth-order valence-electron chi connectivity index (χ4n) is 2.28. The Morgan fingerprint density at radius 1 is 1.15 bits per heavy atom. The summed E-state index contributed by atoms with van der Waals surface area (Å²) in [5, 5.41) is 2.70. The maximum Gasteiger partial charge on any atom is 0.246 e. The Kier molecular flexibility index (Phi) is 6.93. The number of nitrogens with one attached hydrogen (secondary N) is 1. The van der Waals surface area contributed by atoms with Crippen LogP contribution < -0.4 is 14.8 Å². The van der Waals surface area contributed by atoms with Gasteiger partial charge in [-0.2, -0.15) is 0 Å². The molecule has 6 nitrogen and oxygen atoms in total. The van der Waals surface area contributed by atoms with Gasteiger partial charge in [0.05, 0.1) is 20.8 Å². The summed E-state index contributed by atoms with van der Waals surface area (Å²) >= 11 is 0. The number of hydrogen-bond acceptors (Lipinski definition) is 4. The summed E-state index contributed by atoms with van der Waals surface area (Å²) in [4.78, 5) is 25.5. The fraction of sp³-hybridized carbons (Fsp3) is 0.200. The molecule has 0 bridgehead atoms. The molecule has 0 saturated carbocycles. The van der Waals surface area contributed by atoms with Crippen molar-refractivity contribution in [3.63, 3.8) is 0 Å². The van der Waals surface area contributed by atoms with Crippen LogP contribution in [0.2, 0.25) is 0 Å². The Labute approximate surface area is 157 Å². The predicted octanol–water partition coefficient (Wildman–Crippen LogP) is 2.95. The maximum atomic E-state index is 13.7. The third-order valence-corrected chi connectivity index (χ3v) is 3.70. The van der Waals surface area contributed by atoms with E-state index >= 15 is 0 Å². The van der Waals surface area contributed by atoms with Crippen LogP contribution in [0.1, 0.15) is 5.56 Å². The summed E-state index contributed by atoms with van der Waals surface area (Å²) in [6.45, 7) is -0.128. The summed E-state index contributed by atoms with van der Waals surface area (Å²) in [5.41, 5.74) is 1.08. The largest absolute Gasteiger partial charge is 0.497 e. The molecule has 7 heteroatoms. The highest BCUT2D eigenvalue weighted by Crippen LogP contribution is 2.18. The molecule has 1 N–H and O–H groups in total. The average Bonchev–Trinajstić information content (AvgIpc) is 2.66. The SMILES string of the molecule is COc1cccc(NC(=O)CN(C)C(=O)/C=C/c2ccc(OC)c(F)c2)c1. The normalized spacial score (nSPS) is 10.5. The van der Waals surface area contributed by atoms with Gasteiger partial charge in [0, 0.05) is 24.9 Å². The molecule has 0 unspecified atom stereocenters. The van der Waals surface area contributed by atoms with Gasteiger partial charge in [-0.05, 0) is 35.9 Å². The summed E-state index contributed by atoms with van der Waals surface area (Å²) in [5.74, 6) is -0.496. The standard InChI is InChI=1S/C20H21FN2O4/c1-23(13-19(24)22-15-5-4-6-16(12-15)26-2)20(25)10-8-14-7-9-18(27-3)17(21)11-14/h4-12H,13H2,1-3H3,(H,22,24)/b10-8+. The zero-order valence-electron chi connectivity index (χ0n) is 15.4. The van der Waals surface area contributed by atoms with Gasteiger partial charge in [-0.3, -0.25) is 9.59 Å². The number of benzene rings is 2. The molecule has 2 amide bonds. The topological polar surface area (TPSA) is 67.9 Å². The minimum absolute atomic E-state index is 0.128. The summed E-state index contributed by atoms with van der Waals surface area (Å²) in [7, 11) is 4.42. The number of carbonyl (C=O) groups is 2. The third kappa shape index (κ3) is 5.85. The monoisotopic (exact) mass is 372 g/mol. The zero-order valence-corrected chi connectivity index (χ0v) is 15.4. The van der Waals surface area contributed by atoms with Crippen LogP contribution in [0.4, 0.5) is 10.1 Å². The van der Waals surface area contributed by atoms with E-state index in [0.717, 1.165) is 0 Å². The number of carbonyl (C=O) groups excluding carboxylic acids is 2. The van der Waals surface area contributed by atoms with Crippen LogP contribution in [0.25, 0.3) is 6.08 Å². The van der Waals surface area contributed by atoms with Crippen LogP contribution in [-0.2, 0) is 9.59 Å².